The minimum atomic E-state index is -0.547. The van der Waals surface area contributed by atoms with E-state index in [9.17, 15) is 14.9 Å². The predicted octanol–water partition coefficient (Wildman–Crippen LogP) is 4.57. The van der Waals surface area contributed by atoms with Crippen LogP contribution in [0.4, 0.5) is 5.69 Å². The smallest absolute Gasteiger partial charge is 0.270 e. The molecule has 4 rings (SSSR count). The summed E-state index contributed by atoms with van der Waals surface area (Å²) in [5.74, 6) is 0.849. The van der Waals surface area contributed by atoms with Crippen LogP contribution in [0.3, 0.4) is 0 Å². The van der Waals surface area contributed by atoms with Crippen molar-refractivity contribution in [3.8, 4) is 17.2 Å². The Morgan fingerprint density at radius 1 is 1.06 bits per heavy atom. The molecule has 0 radical (unpaired) electrons. The summed E-state index contributed by atoms with van der Waals surface area (Å²) in [5.41, 5.74) is 1.81. The van der Waals surface area contributed by atoms with Crippen molar-refractivity contribution in [1.82, 2.24) is 14.9 Å². The number of nitrogens with one attached hydrogen (secondary N) is 1. The number of nitro benzene ring substituents is 1. The van der Waals surface area contributed by atoms with E-state index in [4.69, 9.17) is 9.47 Å². The van der Waals surface area contributed by atoms with Crippen molar-refractivity contribution in [2.75, 3.05) is 7.11 Å². The number of methoxy groups -OCH3 is 1. The van der Waals surface area contributed by atoms with Crippen molar-refractivity contribution in [2.45, 2.75) is 13.1 Å². The molecule has 172 valence electrons. The maximum atomic E-state index is 13.1. The third kappa shape index (κ3) is 5.39. The van der Waals surface area contributed by atoms with Crippen LogP contribution in [0, 0.1) is 10.1 Å². The molecule has 9 heteroatoms. The molecule has 0 aliphatic heterocycles. The Morgan fingerprint density at radius 3 is 2.47 bits per heavy atom. The summed E-state index contributed by atoms with van der Waals surface area (Å²) < 4.78 is 12.9. The number of benzene rings is 3. The van der Waals surface area contributed by atoms with E-state index in [-0.39, 0.29) is 23.5 Å². The Bertz CT molecular complexity index is 1290. The monoisotopic (exact) mass is 458 g/mol. The lowest BCUT2D eigenvalue weighted by atomic mass is 10.1. The third-order valence-electron chi connectivity index (χ3n) is 5.18. The fourth-order valence-corrected chi connectivity index (χ4v) is 3.40. The largest absolute Gasteiger partial charge is 0.497 e. The number of non-ortho nitro benzene ring substituents is 1. The van der Waals surface area contributed by atoms with Crippen LogP contribution in [-0.4, -0.2) is 27.5 Å². The lowest BCUT2D eigenvalue weighted by Crippen LogP contribution is -2.24. The molecule has 0 atom stereocenters. The van der Waals surface area contributed by atoms with E-state index in [1.54, 1.807) is 43.9 Å². The molecular weight excluding hydrogens is 436 g/mol. The summed E-state index contributed by atoms with van der Waals surface area (Å²) in [5, 5.41) is 14.2. The average Bonchev–Trinajstić information content (AvgIpc) is 3.37. The molecule has 0 aliphatic rings. The molecule has 1 N–H and O–H groups in total. The highest BCUT2D eigenvalue weighted by atomic mass is 16.6. The van der Waals surface area contributed by atoms with Crippen molar-refractivity contribution in [2.24, 2.45) is 0 Å². The van der Waals surface area contributed by atoms with Crippen LogP contribution in [0.5, 0.6) is 17.2 Å². The van der Waals surface area contributed by atoms with E-state index in [0.717, 1.165) is 11.1 Å². The zero-order chi connectivity index (χ0) is 23.9. The van der Waals surface area contributed by atoms with Crippen molar-refractivity contribution in [1.29, 1.82) is 0 Å². The Kier molecular flexibility index (Phi) is 6.83. The van der Waals surface area contributed by atoms with E-state index in [2.05, 4.69) is 10.3 Å². The highest BCUT2D eigenvalue weighted by Gasteiger charge is 2.19. The van der Waals surface area contributed by atoms with Gasteiger partial charge in [0.2, 0.25) is 0 Å². The van der Waals surface area contributed by atoms with Crippen molar-refractivity contribution in [3.05, 3.63) is 112 Å². The number of nitro groups is 1. The van der Waals surface area contributed by atoms with Gasteiger partial charge in [0.1, 0.15) is 17.2 Å². The number of carbonyl (C=O) groups excluding carboxylic acids is 1. The lowest BCUT2D eigenvalue weighted by molar-refractivity contribution is -0.384. The summed E-state index contributed by atoms with van der Waals surface area (Å²) in [6.07, 6.45) is 5.29. The number of imidazole rings is 1. The predicted molar refractivity (Wildman–Crippen MR) is 125 cm³/mol. The molecule has 0 fully saturated rings. The average molecular weight is 458 g/mol. The molecule has 1 aromatic heterocycles. The molecule has 34 heavy (non-hydrogen) atoms. The minimum Gasteiger partial charge on any atom is -0.497 e. The first-order valence-corrected chi connectivity index (χ1v) is 10.4. The van der Waals surface area contributed by atoms with Crippen molar-refractivity contribution < 1.29 is 19.2 Å². The molecule has 0 bridgehead atoms. The standard InChI is InChI=1S/C25H22N4O5/c1-33-21-7-9-22(10-8-21)34-24-11-6-20(29(31)32)14-23(24)25(30)27-15-18-4-2-3-5-19(18)16-28-13-12-26-17-28/h2-14,17H,15-16H2,1H3,(H,27,30). The summed E-state index contributed by atoms with van der Waals surface area (Å²) in [6, 6.07) is 18.5. The minimum absolute atomic E-state index is 0.0668. The third-order valence-corrected chi connectivity index (χ3v) is 5.18. The molecule has 1 heterocycles. The number of nitrogens with zero attached hydrogens (tertiary/aromatic N) is 3. The number of ether oxygens (including phenoxy) is 2. The summed E-state index contributed by atoms with van der Waals surface area (Å²) in [4.78, 5) is 27.9. The van der Waals surface area contributed by atoms with E-state index in [1.807, 2.05) is 35.0 Å². The molecule has 0 saturated heterocycles. The van der Waals surface area contributed by atoms with Gasteiger partial charge < -0.3 is 19.4 Å². The Hall–Kier alpha value is -4.66. The van der Waals surface area contributed by atoms with Gasteiger partial charge in [-0.05, 0) is 41.5 Å². The maximum absolute atomic E-state index is 13.1. The Labute approximate surface area is 195 Å². The zero-order valence-electron chi connectivity index (χ0n) is 18.4. The molecule has 0 unspecified atom stereocenters. The van der Waals surface area contributed by atoms with Crippen LogP contribution in [0.1, 0.15) is 21.5 Å². The number of rotatable bonds is 9. The number of hydrogen-bond acceptors (Lipinski definition) is 6. The van der Waals surface area contributed by atoms with Crippen molar-refractivity contribution in [3.63, 3.8) is 0 Å². The first kappa shape index (κ1) is 22.5. The van der Waals surface area contributed by atoms with Crippen LogP contribution >= 0.6 is 0 Å². The van der Waals surface area contributed by atoms with Gasteiger partial charge in [-0.2, -0.15) is 0 Å². The topological polar surface area (TPSA) is 109 Å². The number of aromatic nitrogens is 2. The van der Waals surface area contributed by atoms with Gasteiger partial charge >= 0.3 is 0 Å². The van der Waals surface area contributed by atoms with Gasteiger partial charge in [0, 0.05) is 37.6 Å². The summed E-state index contributed by atoms with van der Waals surface area (Å²) >= 11 is 0. The van der Waals surface area contributed by atoms with Gasteiger partial charge in [0.05, 0.1) is 23.9 Å². The number of amides is 1. The van der Waals surface area contributed by atoms with Gasteiger partial charge in [0.15, 0.2) is 0 Å². The fraction of sp³-hybridized carbons (Fsp3) is 0.120. The van der Waals surface area contributed by atoms with Gasteiger partial charge in [-0.3, -0.25) is 14.9 Å². The Morgan fingerprint density at radius 2 is 1.79 bits per heavy atom. The summed E-state index contributed by atoms with van der Waals surface area (Å²) in [7, 11) is 1.56. The van der Waals surface area contributed by atoms with E-state index in [0.29, 0.717) is 18.0 Å². The van der Waals surface area contributed by atoms with Crippen LogP contribution in [-0.2, 0) is 13.1 Å². The van der Waals surface area contributed by atoms with Gasteiger partial charge in [-0.15, -0.1) is 0 Å². The zero-order valence-corrected chi connectivity index (χ0v) is 18.4. The molecule has 0 spiro atoms. The quantitative estimate of drug-likeness (QED) is 0.291. The van der Waals surface area contributed by atoms with Crippen LogP contribution in [0.25, 0.3) is 0 Å². The molecule has 3 aromatic carbocycles. The molecule has 4 aromatic rings. The number of carbonyl (C=O) groups is 1. The first-order valence-electron chi connectivity index (χ1n) is 10.4. The first-order chi connectivity index (χ1) is 16.5. The fourth-order valence-electron chi connectivity index (χ4n) is 3.40. The van der Waals surface area contributed by atoms with Crippen LogP contribution in [0.15, 0.2) is 85.5 Å². The molecule has 0 aliphatic carbocycles. The van der Waals surface area contributed by atoms with E-state index < -0.39 is 10.8 Å². The lowest BCUT2D eigenvalue weighted by Gasteiger charge is -2.14. The van der Waals surface area contributed by atoms with Crippen LogP contribution < -0.4 is 14.8 Å². The second kappa shape index (κ2) is 10.3. The van der Waals surface area contributed by atoms with Crippen LogP contribution in [0.2, 0.25) is 0 Å². The van der Waals surface area contributed by atoms with E-state index in [1.165, 1.54) is 18.2 Å². The van der Waals surface area contributed by atoms with E-state index >= 15 is 0 Å². The molecule has 9 nitrogen and oxygen atoms in total. The highest BCUT2D eigenvalue weighted by Crippen LogP contribution is 2.30. The van der Waals surface area contributed by atoms with Gasteiger partial charge in [-0.25, -0.2) is 4.98 Å². The van der Waals surface area contributed by atoms with Gasteiger partial charge in [-0.1, -0.05) is 24.3 Å². The molecular formula is C25H22N4O5. The normalized spacial score (nSPS) is 10.5. The molecule has 1 amide bonds. The maximum Gasteiger partial charge on any atom is 0.270 e. The SMILES string of the molecule is COc1ccc(Oc2ccc([N+](=O)[O-])cc2C(=O)NCc2ccccc2Cn2ccnc2)cc1. The highest BCUT2D eigenvalue weighted by molar-refractivity contribution is 5.97. The number of hydrogen-bond donors (Lipinski definition) is 1. The molecule has 0 saturated carbocycles. The second-order valence-electron chi connectivity index (χ2n) is 7.40. The van der Waals surface area contributed by atoms with Crippen molar-refractivity contribution >= 4 is 11.6 Å². The summed E-state index contributed by atoms with van der Waals surface area (Å²) in [6.45, 7) is 0.850. The second-order valence-corrected chi connectivity index (χ2v) is 7.40. The Balaban J connectivity index is 1.55. The van der Waals surface area contributed by atoms with Gasteiger partial charge in [0.25, 0.3) is 11.6 Å².